The van der Waals surface area contributed by atoms with Crippen LogP contribution < -0.4 is 4.74 Å². The topological polar surface area (TPSA) is 22.1 Å². The first-order chi connectivity index (χ1) is 7.74. The molecule has 0 saturated carbocycles. The normalized spacial score (nSPS) is 10.1. The van der Waals surface area contributed by atoms with E-state index in [4.69, 9.17) is 16.3 Å². The summed E-state index contributed by atoms with van der Waals surface area (Å²) in [5.74, 6) is 0.860. The second-order valence-electron chi connectivity index (χ2n) is 3.59. The Hall–Kier alpha value is -1.54. The number of aromatic nitrogens is 1. The number of hydrogen-bond acceptors (Lipinski definition) is 2. The van der Waals surface area contributed by atoms with Crippen LogP contribution in [0.2, 0.25) is 5.15 Å². The summed E-state index contributed by atoms with van der Waals surface area (Å²) < 4.78 is 5.62. The molecule has 1 heterocycles. The van der Waals surface area contributed by atoms with Gasteiger partial charge < -0.3 is 4.74 Å². The highest BCUT2D eigenvalue weighted by atomic mass is 35.5. The Kier molecular flexibility index (Phi) is 3.42. The Balaban J connectivity index is 1.99. The second-order valence-corrected chi connectivity index (χ2v) is 3.98. The van der Waals surface area contributed by atoms with Crippen LogP contribution in [-0.2, 0) is 6.61 Å². The molecule has 0 aliphatic heterocycles. The predicted octanol–water partition coefficient (Wildman–Crippen LogP) is 3.62. The fourth-order valence-corrected chi connectivity index (χ4v) is 1.53. The van der Waals surface area contributed by atoms with Crippen molar-refractivity contribution < 1.29 is 4.74 Å². The molecule has 1 aromatic carbocycles. The molecule has 0 N–H and O–H groups in total. The Bertz CT molecular complexity index is 468. The molecular formula is C13H12ClNO. The van der Waals surface area contributed by atoms with Gasteiger partial charge in [-0.1, -0.05) is 29.3 Å². The molecule has 0 spiro atoms. The minimum atomic E-state index is 0.491. The summed E-state index contributed by atoms with van der Waals surface area (Å²) in [6, 6.07) is 11.6. The smallest absolute Gasteiger partial charge is 0.129 e. The summed E-state index contributed by atoms with van der Waals surface area (Å²) in [5.41, 5.74) is 2.24. The molecule has 3 heteroatoms. The second kappa shape index (κ2) is 4.99. The molecule has 0 radical (unpaired) electrons. The van der Waals surface area contributed by atoms with E-state index in [1.165, 1.54) is 5.56 Å². The first-order valence-electron chi connectivity index (χ1n) is 5.04. The molecule has 2 nitrogen and oxygen atoms in total. The fourth-order valence-electron chi connectivity index (χ4n) is 1.33. The maximum Gasteiger partial charge on any atom is 0.129 e. The lowest BCUT2D eigenvalue weighted by atomic mass is 10.2. The average molecular weight is 234 g/mol. The molecule has 0 aliphatic carbocycles. The van der Waals surface area contributed by atoms with Crippen LogP contribution >= 0.6 is 11.6 Å². The Morgan fingerprint density at radius 2 is 1.94 bits per heavy atom. The van der Waals surface area contributed by atoms with E-state index in [9.17, 15) is 0 Å². The molecule has 82 valence electrons. The van der Waals surface area contributed by atoms with Crippen LogP contribution in [0, 0.1) is 6.92 Å². The van der Waals surface area contributed by atoms with Crippen molar-refractivity contribution in [3.05, 3.63) is 58.9 Å². The monoisotopic (exact) mass is 233 g/mol. The summed E-state index contributed by atoms with van der Waals surface area (Å²) in [6.45, 7) is 2.55. The fraction of sp³-hybridized carbons (Fsp3) is 0.154. The lowest BCUT2D eigenvalue weighted by Crippen LogP contribution is -1.95. The molecule has 0 unspecified atom stereocenters. The highest BCUT2D eigenvalue weighted by Crippen LogP contribution is 2.14. The molecule has 0 saturated heterocycles. The van der Waals surface area contributed by atoms with Crippen LogP contribution in [0.5, 0.6) is 5.75 Å². The number of hydrogen-bond donors (Lipinski definition) is 0. The lowest BCUT2D eigenvalue weighted by Gasteiger charge is -2.06. The Labute approximate surface area is 99.9 Å². The Morgan fingerprint density at radius 1 is 1.19 bits per heavy atom. The van der Waals surface area contributed by atoms with Gasteiger partial charge in [-0.3, -0.25) is 0 Å². The van der Waals surface area contributed by atoms with E-state index in [0.29, 0.717) is 11.8 Å². The number of benzene rings is 1. The maximum absolute atomic E-state index is 5.78. The highest BCUT2D eigenvalue weighted by molar-refractivity contribution is 6.29. The van der Waals surface area contributed by atoms with Gasteiger partial charge in [0.2, 0.25) is 0 Å². The van der Waals surface area contributed by atoms with Gasteiger partial charge in [-0.05, 0) is 36.8 Å². The van der Waals surface area contributed by atoms with E-state index in [1.807, 2.05) is 37.3 Å². The molecule has 1 aromatic heterocycles. The van der Waals surface area contributed by atoms with E-state index < -0.39 is 0 Å². The number of nitrogens with zero attached hydrogens (tertiary/aromatic N) is 1. The summed E-state index contributed by atoms with van der Waals surface area (Å²) in [6.07, 6.45) is 1.68. The van der Waals surface area contributed by atoms with E-state index >= 15 is 0 Å². The van der Waals surface area contributed by atoms with Crippen molar-refractivity contribution in [1.82, 2.24) is 4.98 Å². The van der Waals surface area contributed by atoms with Gasteiger partial charge in [-0.25, -0.2) is 4.98 Å². The van der Waals surface area contributed by atoms with Gasteiger partial charge in [-0.15, -0.1) is 0 Å². The van der Waals surface area contributed by atoms with Gasteiger partial charge in [0.05, 0.1) is 0 Å². The van der Waals surface area contributed by atoms with Crippen LogP contribution in [0.15, 0.2) is 42.6 Å². The van der Waals surface area contributed by atoms with Gasteiger partial charge in [0.25, 0.3) is 0 Å². The van der Waals surface area contributed by atoms with E-state index in [-0.39, 0.29) is 0 Å². The largest absolute Gasteiger partial charge is 0.489 e. The van der Waals surface area contributed by atoms with Gasteiger partial charge >= 0.3 is 0 Å². The first-order valence-corrected chi connectivity index (χ1v) is 5.42. The summed E-state index contributed by atoms with van der Waals surface area (Å²) >= 11 is 5.78. The van der Waals surface area contributed by atoms with E-state index in [2.05, 4.69) is 4.98 Å². The molecule has 2 aromatic rings. The molecule has 0 amide bonds. The minimum absolute atomic E-state index is 0.491. The molecule has 0 atom stereocenters. The van der Waals surface area contributed by atoms with Crippen LogP contribution in [-0.4, -0.2) is 4.98 Å². The van der Waals surface area contributed by atoms with Gasteiger partial charge in [-0.2, -0.15) is 0 Å². The maximum atomic E-state index is 5.78. The van der Waals surface area contributed by atoms with Gasteiger partial charge in [0, 0.05) is 6.20 Å². The van der Waals surface area contributed by atoms with E-state index in [0.717, 1.165) is 11.3 Å². The third-order valence-electron chi connectivity index (χ3n) is 2.22. The van der Waals surface area contributed by atoms with Crippen LogP contribution in [0.1, 0.15) is 11.1 Å². The van der Waals surface area contributed by atoms with Crippen molar-refractivity contribution in [2.75, 3.05) is 0 Å². The van der Waals surface area contributed by atoms with Gasteiger partial charge in [0.1, 0.15) is 17.5 Å². The van der Waals surface area contributed by atoms with Crippen molar-refractivity contribution in [2.45, 2.75) is 13.5 Å². The summed E-state index contributed by atoms with van der Waals surface area (Å²) in [5, 5.41) is 0.491. The SMILES string of the molecule is Cc1ccc(OCc2ccnc(Cl)c2)cc1. The molecule has 2 rings (SSSR count). The third-order valence-corrected chi connectivity index (χ3v) is 2.42. The standard InChI is InChI=1S/C13H12ClNO/c1-10-2-4-12(5-3-10)16-9-11-6-7-15-13(14)8-11/h2-8H,9H2,1H3. The zero-order valence-corrected chi connectivity index (χ0v) is 9.74. The number of rotatable bonds is 3. The molecule has 0 aliphatic rings. The number of ether oxygens (including phenoxy) is 1. The summed E-state index contributed by atoms with van der Waals surface area (Å²) in [4.78, 5) is 3.92. The predicted molar refractivity (Wildman–Crippen MR) is 64.8 cm³/mol. The van der Waals surface area contributed by atoms with Crippen molar-refractivity contribution >= 4 is 11.6 Å². The molecule has 0 fully saturated rings. The molecule has 0 bridgehead atoms. The highest BCUT2D eigenvalue weighted by Gasteiger charge is 1.97. The van der Waals surface area contributed by atoms with Crippen molar-refractivity contribution in [3.63, 3.8) is 0 Å². The molecular weight excluding hydrogens is 222 g/mol. The summed E-state index contributed by atoms with van der Waals surface area (Å²) in [7, 11) is 0. The van der Waals surface area contributed by atoms with Crippen molar-refractivity contribution in [3.8, 4) is 5.75 Å². The first kappa shape index (κ1) is 11.0. The minimum Gasteiger partial charge on any atom is -0.489 e. The van der Waals surface area contributed by atoms with Crippen molar-refractivity contribution in [1.29, 1.82) is 0 Å². The van der Waals surface area contributed by atoms with Crippen molar-refractivity contribution in [2.24, 2.45) is 0 Å². The zero-order valence-electron chi connectivity index (χ0n) is 8.98. The third kappa shape index (κ3) is 2.97. The van der Waals surface area contributed by atoms with Gasteiger partial charge in [0.15, 0.2) is 0 Å². The van der Waals surface area contributed by atoms with Crippen LogP contribution in [0.25, 0.3) is 0 Å². The quantitative estimate of drug-likeness (QED) is 0.756. The molecule has 16 heavy (non-hydrogen) atoms. The number of aryl methyl sites for hydroxylation is 1. The van der Waals surface area contributed by atoms with Crippen LogP contribution in [0.3, 0.4) is 0 Å². The Morgan fingerprint density at radius 3 is 2.62 bits per heavy atom. The average Bonchev–Trinajstić information content (AvgIpc) is 2.28. The zero-order chi connectivity index (χ0) is 11.4. The lowest BCUT2D eigenvalue weighted by molar-refractivity contribution is 0.306. The van der Waals surface area contributed by atoms with Crippen LogP contribution in [0.4, 0.5) is 0 Å². The number of halogens is 1. The van der Waals surface area contributed by atoms with E-state index in [1.54, 1.807) is 12.3 Å². The number of pyridine rings is 1.